The highest BCUT2D eigenvalue weighted by Gasteiger charge is 2.19. The second kappa shape index (κ2) is 9.47. The quantitative estimate of drug-likeness (QED) is 0.179. The summed E-state index contributed by atoms with van der Waals surface area (Å²) in [6, 6.07) is 18.9. The Balaban J connectivity index is 1.56. The van der Waals surface area contributed by atoms with E-state index in [0.29, 0.717) is 16.8 Å². The van der Waals surface area contributed by atoms with Crippen LogP contribution in [0.5, 0.6) is 0 Å². The molecule has 0 saturated heterocycles. The van der Waals surface area contributed by atoms with Crippen LogP contribution in [-0.2, 0) is 0 Å². The van der Waals surface area contributed by atoms with Gasteiger partial charge in [0, 0.05) is 29.2 Å². The van der Waals surface area contributed by atoms with Crippen LogP contribution in [0, 0.1) is 17.9 Å². The maximum atomic E-state index is 13.0. The molecule has 0 spiro atoms. The Labute approximate surface area is 207 Å². The molecule has 5 aromatic rings. The average Bonchev–Trinajstić information content (AvgIpc) is 3.53. The molecule has 7 heteroatoms. The first kappa shape index (κ1) is 22.4. The van der Waals surface area contributed by atoms with Gasteiger partial charge in [0.15, 0.2) is 11.3 Å². The standard InChI is InChI=1S/C28H21N4O2S/c1-31(2)28(34)32-17-23(26(33)24-18-35-27(30-24)21-9-6-14-29-16-21)22-13-12-20(15-25(22)32)11-10-19-7-4-3-5-8-19/h3-9,12-18,33H,1-2H3/q-1. The SMILES string of the molecule is CN(C)C(=O)[n+]1cc([C-](O)c2c[s+][c-](-c3cccnc3)n2)c2ccc(C#Cc3ccccc3)c[c-]21. The molecule has 0 saturated carbocycles. The van der Waals surface area contributed by atoms with E-state index in [1.807, 2.05) is 60.7 Å². The van der Waals surface area contributed by atoms with Gasteiger partial charge in [-0.05, 0) is 35.6 Å². The number of aromatic nitrogens is 3. The molecule has 172 valence electrons. The molecule has 0 radical (unpaired) electrons. The van der Waals surface area contributed by atoms with Crippen molar-refractivity contribution < 1.29 is 14.5 Å². The van der Waals surface area contributed by atoms with Gasteiger partial charge in [0.2, 0.25) is 5.01 Å². The van der Waals surface area contributed by atoms with Gasteiger partial charge in [-0.1, -0.05) is 42.2 Å². The first-order valence-electron chi connectivity index (χ1n) is 10.9. The monoisotopic (exact) mass is 477 g/mol. The maximum Gasteiger partial charge on any atom is 0.441 e. The zero-order valence-electron chi connectivity index (χ0n) is 19.1. The predicted octanol–water partition coefficient (Wildman–Crippen LogP) is 4.60. The number of carbonyl (C=O) groups is 1. The Morgan fingerprint density at radius 3 is 2.63 bits per heavy atom. The van der Waals surface area contributed by atoms with Gasteiger partial charge in [0.05, 0.1) is 14.1 Å². The molecule has 0 atom stereocenters. The molecule has 35 heavy (non-hydrogen) atoms. The average molecular weight is 478 g/mol. The van der Waals surface area contributed by atoms with Gasteiger partial charge in [0.1, 0.15) is 5.38 Å². The molecule has 2 aromatic carbocycles. The molecule has 1 N–H and O–H groups in total. The minimum atomic E-state index is -0.225. The smallest absolute Gasteiger partial charge is 0.419 e. The van der Waals surface area contributed by atoms with E-state index in [4.69, 9.17) is 0 Å². The molecule has 0 bridgehead atoms. The zero-order chi connectivity index (χ0) is 24.4. The number of hydrogen-bond donors (Lipinski definition) is 1. The van der Waals surface area contributed by atoms with Crippen molar-refractivity contribution in [1.82, 2.24) is 14.9 Å². The second-order valence-corrected chi connectivity index (χ2v) is 8.92. The van der Waals surface area contributed by atoms with E-state index < -0.39 is 0 Å². The summed E-state index contributed by atoms with van der Waals surface area (Å²) in [6.45, 7) is 0. The molecule has 3 aromatic heterocycles. The molecule has 1 amide bonds. The van der Waals surface area contributed by atoms with Crippen LogP contribution in [0.1, 0.15) is 22.4 Å². The number of benzene rings is 2. The molecular weight excluding hydrogens is 456 g/mol. The normalized spacial score (nSPS) is 10.6. The molecule has 0 aliphatic heterocycles. The molecule has 0 aliphatic carbocycles. The summed E-state index contributed by atoms with van der Waals surface area (Å²) in [4.78, 5) is 23.2. The summed E-state index contributed by atoms with van der Waals surface area (Å²) in [5.74, 6) is 6.31. The largest absolute Gasteiger partial charge is 0.441 e. The number of thiazole rings is 1. The van der Waals surface area contributed by atoms with Crippen LogP contribution >= 0.6 is 11.3 Å². The highest BCUT2D eigenvalue weighted by atomic mass is 32.1. The van der Waals surface area contributed by atoms with Gasteiger partial charge < -0.3 is 10.1 Å². The van der Waals surface area contributed by atoms with Crippen LogP contribution in [0.25, 0.3) is 21.5 Å². The number of rotatable bonds is 3. The number of aliphatic hydroxyl groups is 1. The molecule has 5 rings (SSSR count). The third-order valence-corrected chi connectivity index (χ3v) is 6.32. The van der Waals surface area contributed by atoms with E-state index in [9.17, 15) is 9.90 Å². The minimum Gasteiger partial charge on any atom is -0.419 e. The van der Waals surface area contributed by atoms with Crippen LogP contribution in [0.15, 0.2) is 84.6 Å². The first-order chi connectivity index (χ1) is 17.0. The van der Waals surface area contributed by atoms with Crippen LogP contribution in [0.3, 0.4) is 0 Å². The lowest BCUT2D eigenvalue weighted by atomic mass is 10.0. The van der Waals surface area contributed by atoms with E-state index in [1.165, 1.54) is 20.8 Å². The van der Waals surface area contributed by atoms with Gasteiger partial charge in [0.25, 0.3) is 0 Å². The van der Waals surface area contributed by atoms with Crippen molar-refractivity contribution in [2.75, 3.05) is 14.1 Å². The molecule has 6 nitrogen and oxygen atoms in total. The zero-order valence-corrected chi connectivity index (χ0v) is 20.0. The Morgan fingerprint density at radius 2 is 1.89 bits per heavy atom. The van der Waals surface area contributed by atoms with Gasteiger partial charge in [-0.15, -0.1) is 23.1 Å². The van der Waals surface area contributed by atoms with E-state index in [-0.39, 0.29) is 12.1 Å². The van der Waals surface area contributed by atoms with Crippen molar-refractivity contribution in [3.8, 4) is 22.4 Å². The van der Waals surface area contributed by atoms with E-state index >= 15 is 0 Å². The fraction of sp³-hybridized carbons (Fsp3) is 0.0714. The van der Waals surface area contributed by atoms with Gasteiger partial charge in [-0.3, -0.25) is 14.5 Å². The molecule has 3 heterocycles. The Morgan fingerprint density at radius 1 is 1.09 bits per heavy atom. The molecule has 0 aliphatic rings. The number of carbonyl (C=O) groups excluding carboxylic acids is 1. The highest BCUT2D eigenvalue weighted by molar-refractivity contribution is 7.13. The molecular formula is C28H21N4O2S-. The number of nitrogens with zero attached hydrogens (tertiary/aromatic N) is 4. The van der Waals surface area contributed by atoms with E-state index in [1.54, 1.807) is 38.1 Å². The molecule has 0 unspecified atom stereocenters. The highest BCUT2D eigenvalue weighted by Crippen LogP contribution is 2.31. The topological polar surface area (TPSA) is 70.2 Å². The fourth-order valence-electron chi connectivity index (χ4n) is 3.68. The summed E-state index contributed by atoms with van der Waals surface area (Å²) in [5, 5.41) is 14.5. The Hall–Kier alpha value is -4.38. The van der Waals surface area contributed by atoms with Gasteiger partial charge in [-0.2, -0.15) is 6.07 Å². The number of aliphatic hydroxyl groups excluding tert-OH is 1. The van der Waals surface area contributed by atoms with Crippen LogP contribution in [-0.4, -0.2) is 40.1 Å². The predicted molar refractivity (Wildman–Crippen MR) is 135 cm³/mol. The molecule has 0 fully saturated rings. The van der Waals surface area contributed by atoms with Crippen molar-refractivity contribution in [2.24, 2.45) is 0 Å². The fourth-order valence-corrected chi connectivity index (χ4v) is 4.47. The number of pyridine rings is 1. The van der Waals surface area contributed by atoms with Crippen molar-refractivity contribution in [1.29, 1.82) is 0 Å². The summed E-state index contributed by atoms with van der Waals surface area (Å²) >= 11 is 1.42. The lowest BCUT2D eigenvalue weighted by Gasteiger charge is -2.16. The van der Waals surface area contributed by atoms with Crippen LogP contribution in [0.4, 0.5) is 4.79 Å². The summed E-state index contributed by atoms with van der Waals surface area (Å²) in [6.07, 6.45) is 5.10. The summed E-state index contributed by atoms with van der Waals surface area (Å²) in [5.41, 5.74) is 4.19. The third kappa shape index (κ3) is 4.53. The van der Waals surface area contributed by atoms with Gasteiger partial charge in [-0.25, -0.2) is 4.79 Å². The Bertz CT molecular complexity index is 1560. The Kier molecular flexibility index (Phi) is 6.06. The van der Waals surface area contributed by atoms with Crippen molar-refractivity contribution >= 4 is 28.3 Å². The van der Waals surface area contributed by atoms with Crippen molar-refractivity contribution in [3.63, 3.8) is 0 Å². The van der Waals surface area contributed by atoms with Crippen LogP contribution < -0.4 is 4.57 Å². The minimum absolute atomic E-state index is 0.00909. The van der Waals surface area contributed by atoms with E-state index in [2.05, 4.69) is 21.8 Å². The van der Waals surface area contributed by atoms with Crippen molar-refractivity contribution in [2.45, 2.75) is 0 Å². The lowest BCUT2D eigenvalue weighted by Crippen LogP contribution is -2.48. The van der Waals surface area contributed by atoms with Crippen molar-refractivity contribution in [3.05, 3.63) is 113 Å². The summed E-state index contributed by atoms with van der Waals surface area (Å²) in [7, 11) is 3.38. The summed E-state index contributed by atoms with van der Waals surface area (Å²) < 4.78 is 1.53. The number of hydrogen-bond acceptors (Lipinski definition) is 4. The number of fused-ring (bicyclic) bond motifs is 1. The number of amides is 1. The first-order valence-corrected chi connectivity index (χ1v) is 11.8. The lowest BCUT2D eigenvalue weighted by molar-refractivity contribution is -0.547. The van der Waals surface area contributed by atoms with E-state index in [0.717, 1.165) is 27.1 Å². The van der Waals surface area contributed by atoms with Crippen LogP contribution in [0.2, 0.25) is 0 Å². The third-order valence-electron chi connectivity index (χ3n) is 5.43. The van der Waals surface area contributed by atoms with Gasteiger partial charge >= 0.3 is 6.03 Å². The maximum absolute atomic E-state index is 13.0. The second-order valence-electron chi connectivity index (χ2n) is 8.07.